The molecule has 0 aliphatic carbocycles. The third kappa shape index (κ3) is 11.9. The number of carbonyl (C=O) groups is 2. The number of alkyl halides is 3. The van der Waals surface area contributed by atoms with Crippen LogP contribution in [0, 0.1) is 6.07 Å². The summed E-state index contributed by atoms with van der Waals surface area (Å²) in [6.45, 7) is 7.80. The van der Waals surface area contributed by atoms with Crippen molar-refractivity contribution in [1.82, 2.24) is 14.9 Å². The minimum atomic E-state index is -4.56. The molecule has 0 unspecified atom stereocenters. The molecule has 45 heavy (non-hydrogen) atoms. The number of aromatic nitrogens is 2. The second-order valence-electron chi connectivity index (χ2n) is 11.3. The summed E-state index contributed by atoms with van der Waals surface area (Å²) >= 11 is 0. The summed E-state index contributed by atoms with van der Waals surface area (Å²) in [6, 6.07) is 15.9. The Balaban J connectivity index is 0.00000133. The van der Waals surface area contributed by atoms with Crippen LogP contribution in [0.25, 0.3) is 0 Å². The molecule has 9 nitrogen and oxygen atoms in total. The Hall–Kier alpha value is -3.75. The van der Waals surface area contributed by atoms with Crippen LogP contribution in [0.15, 0.2) is 48.7 Å². The largest absolute Gasteiger partial charge is 1.00 e. The first kappa shape index (κ1) is 37.4. The van der Waals surface area contributed by atoms with Gasteiger partial charge >= 0.3 is 31.1 Å². The molecule has 1 aliphatic rings. The average molecular weight is 623 g/mol. The zero-order chi connectivity index (χ0) is 32.5. The number of methoxy groups -OCH3 is 1. The third-order valence-electron chi connectivity index (χ3n) is 6.67. The number of anilines is 2. The zero-order valence-corrected chi connectivity index (χ0v) is 26.5. The molecule has 0 saturated carbocycles. The summed E-state index contributed by atoms with van der Waals surface area (Å²) < 4.78 is 52.0. The molecule has 1 fully saturated rings. The molecule has 1 saturated heterocycles. The quantitative estimate of drug-likeness (QED) is 0.300. The summed E-state index contributed by atoms with van der Waals surface area (Å²) in [4.78, 5) is 31.3. The van der Waals surface area contributed by atoms with Crippen molar-refractivity contribution in [1.29, 1.82) is 0 Å². The Kier molecular flexibility index (Phi) is 13.7. The number of benzene rings is 2. The predicted molar refractivity (Wildman–Crippen MR) is 159 cm³/mol. The number of carbonyl (C=O) groups excluding carboxylic acids is 1. The van der Waals surface area contributed by atoms with Crippen LogP contribution in [0.3, 0.4) is 0 Å². The smallest absolute Gasteiger partial charge is 0.495 e. The van der Waals surface area contributed by atoms with Crippen molar-refractivity contribution < 1.29 is 56.2 Å². The number of hydrogen-bond acceptors (Lipinski definition) is 7. The van der Waals surface area contributed by atoms with Crippen LogP contribution >= 0.6 is 0 Å². The van der Waals surface area contributed by atoms with Crippen LogP contribution in [0.1, 0.15) is 68.8 Å². The van der Waals surface area contributed by atoms with Gasteiger partial charge in [-0.15, -0.1) is 0 Å². The van der Waals surface area contributed by atoms with Crippen molar-refractivity contribution in [2.75, 3.05) is 25.5 Å². The van der Waals surface area contributed by atoms with Gasteiger partial charge in [-0.05, 0) is 70.1 Å². The Labute approximate surface area is 273 Å². The Morgan fingerprint density at radius 2 is 1.78 bits per heavy atom. The van der Waals surface area contributed by atoms with Crippen molar-refractivity contribution in [2.24, 2.45) is 0 Å². The van der Waals surface area contributed by atoms with E-state index in [0.717, 1.165) is 37.1 Å². The summed E-state index contributed by atoms with van der Waals surface area (Å²) in [7, 11) is 1.53. The number of likely N-dealkylation sites (tertiary alicyclic amines) is 1. The van der Waals surface area contributed by atoms with Gasteiger partial charge in [-0.2, -0.15) is 49.1 Å². The number of nitrogens with zero attached hydrogens (tertiary/aromatic N) is 3. The summed E-state index contributed by atoms with van der Waals surface area (Å²) in [5, 5.41) is 10.4. The number of ether oxygens (including phenoxy) is 2. The van der Waals surface area contributed by atoms with E-state index in [1.165, 1.54) is 7.11 Å². The first-order chi connectivity index (χ1) is 20.7. The van der Waals surface area contributed by atoms with Gasteiger partial charge in [0.15, 0.2) is 0 Å². The number of aryl methyl sites for hydroxylation is 2. The molecular formula is C32H38F3LiN4O5. The van der Waals surface area contributed by atoms with Crippen LogP contribution in [0.2, 0.25) is 0 Å². The van der Waals surface area contributed by atoms with Gasteiger partial charge in [0.1, 0.15) is 11.4 Å². The minimum Gasteiger partial charge on any atom is -0.495 e. The fourth-order valence-electron chi connectivity index (χ4n) is 4.65. The van der Waals surface area contributed by atoms with Gasteiger partial charge in [-0.3, -0.25) is 4.79 Å². The van der Waals surface area contributed by atoms with Gasteiger partial charge in [0, 0.05) is 26.2 Å². The Morgan fingerprint density at radius 1 is 1.11 bits per heavy atom. The van der Waals surface area contributed by atoms with Crippen LogP contribution < -0.4 is 28.9 Å². The molecular weight excluding hydrogens is 584 g/mol. The second kappa shape index (κ2) is 16.5. The van der Waals surface area contributed by atoms with Gasteiger partial charge < -0.3 is 24.8 Å². The molecule has 2 heterocycles. The SMILES string of the molecule is CC(=O)O.COc1cc(C2CCN(C(=O)OC(C)(C)C)CC2)ccc1Nc1ncc(C(F)(F)F)c(CCc2[c-]cccc2)n1.[Li+]. The topological polar surface area (TPSA) is 114 Å². The van der Waals surface area contributed by atoms with E-state index in [0.29, 0.717) is 30.9 Å². The number of aliphatic carboxylic acids is 1. The molecule has 1 aliphatic heterocycles. The van der Waals surface area contributed by atoms with E-state index in [-0.39, 0.29) is 48.9 Å². The summed E-state index contributed by atoms with van der Waals surface area (Å²) in [6.07, 6.45) is -2.04. The molecule has 0 spiro atoms. The molecule has 0 bridgehead atoms. The number of carboxylic acid groups (broad SMARTS) is 1. The molecule has 2 aromatic carbocycles. The number of piperidine rings is 1. The van der Waals surface area contributed by atoms with Gasteiger partial charge in [-0.25, -0.2) is 14.8 Å². The number of nitrogens with one attached hydrogen (secondary N) is 1. The molecule has 1 amide bonds. The zero-order valence-electron chi connectivity index (χ0n) is 26.5. The van der Waals surface area contributed by atoms with Gasteiger partial charge in [0.2, 0.25) is 5.95 Å². The molecule has 1 aromatic heterocycles. The fourth-order valence-corrected chi connectivity index (χ4v) is 4.65. The van der Waals surface area contributed by atoms with E-state index in [2.05, 4.69) is 21.4 Å². The first-order valence-electron chi connectivity index (χ1n) is 14.2. The van der Waals surface area contributed by atoms with Crippen molar-refractivity contribution in [3.63, 3.8) is 0 Å². The molecule has 13 heteroatoms. The predicted octanol–water partition coefficient (Wildman–Crippen LogP) is 4.04. The van der Waals surface area contributed by atoms with E-state index in [4.69, 9.17) is 19.4 Å². The monoisotopic (exact) mass is 622 g/mol. The molecule has 238 valence electrons. The maximum Gasteiger partial charge on any atom is 1.00 e. The normalized spacial score (nSPS) is 13.6. The fraction of sp³-hybridized carbons (Fsp3) is 0.438. The third-order valence-corrected chi connectivity index (χ3v) is 6.67. The maximum atomic E-state index is 13.7. The van der Waals surface area contributed by atoms with E-state index in [1.54, 1.807) is 11.0 Å². The van der Waals surface area contributed by atoms with Gasteiger partial charge in [0.25, 0.3) is 5.97 Å². The standard InChI is InChI=1S/C30H34F3N4O3.C2H4O2.Li/c1-29(2,3)40-28(38)37-16-14-21(15-17-37)22-11-13-25(26(18-22)39-4)36-27-34-19-23(30(31,32)33)24(35-27)12-10-20-8-6-5-7-9-20;1-2(3)4;/h5-8,11,13,18-19,21H,10,12,14-17H2,1-4H3,(H,34,35,36);1H3,(H,3,4);/q-1;;+1. The van der Waals surface area contributed by atoms with Crippen molar-refractivity contribution in [3.05, 3.63) is 77.1 Å². The number of carboxylic acids is 1. The van der Waals surface area contributed by atoms with Crippen LogP contribution in [0.4, 0.5) is 29.6 Å². The minimum absolute atomic E-state index is 0. The van der Waals surface area contributed by atoms with Gasteiger partial charge in [-0.1, -0.05) is 6.07 Å². The average Bonchev–Trinajstić information content (AvgIpc) is 2.95. The van der Waals surface area contributed by atoms with Crippen LogP contribution in [-0.4, -0.2) is 57.8 Å². The van der Waals surface area contributed by atoms with Crippen LogP contribution in [-0.2, 0) is 28.5 Å². The van der Waals surface area contributed by atoms with E-state index >= 15 is 0 Å². The molecule has 4 rings (SSSR count). The van der Waals surface area contributed by atoms with E-state index in [9.17, 15) is 18.0 Å². The first-order valence-corrected chi connectivity index (χ1v) is 14.2. The number of rotatable bonds is 7. The summed E-state index contributed by atoms with van der Waals surface area (Å²) in [5.74, 6) is -0.0295. The second-order valence-corrected chi connectivity index (χ2v) is 11.3. The Morgan fingerprint density at radius 3 is 2.33 bits per heavy atom. The molecule has 3 aromatic rings. The number of halogens is 3. The molecule has 2 N–H and O–H groups in total. The van der Waals surface area contributed by atoms with E-state index in [1.807, 2.05) is 57.2 Å². The van der Waals surface area contributed by atoms with Gasteiger partial charge in [0.05, 0.1) is 24.1 Å². The van der Waals surface area contributed by atoms with Crippen molar-refractivity contribution in [3.8, 4) is 5.75 Å². The van der Waals surface area contributed by atoms with E-state index < -0.39 is 23.3 Å². The van der Waals surface area contributed by atoms with Crippen LogP contribution in [0.5, 0.6) is 5.75 Å². The van der Waals surface area contributed by atoms with Crippen molar-refractivity contribution >= 4 is 23.7 Å². The number of amides is 1. The molecule has 0 atom stereocenters. The number of hydrogen-bond donors (Lipinski definition) is 2. The molecule has 0 radical (unpaired) electrons. The summed E-state index contributed by atoms with van der Waals surface area (Å²) in [5.41, 5.74) is 0.919. The maximum absolute atomic E-state index is 13.7. The van der Waals surface area contributed by atoms with Crippen molar-refractivity contribution in [2.45, 2.75) is 71.1 Å². The Bertz CT molecular complexity index is 1410.